The minimum Gasteiger partial charge on any atom is -0.493 e. The molecule has 0 aliphatic heterocycles. The molecule has 3 aromatic rings. The van der Waals surface area contributed by atoms with Crippen molar-refractivity contribution in [2.75, 3.05) is 14.2 Å². The molecule has 3 nitrogen and oxygen atoms in total. The second-order valence-corrected chi connectivity index (χ2v) is 7.63. The van der Waals surface area contributed by atoms with Gasteiger partial charge in [-0.25, -0.2) is 4.98 Å². The maximum atomic E-state index is 5.51. The lowest BCUT2D eigenvalue weighted by molar-refractivity contribution is 0.356. The summed E-state index contributed by atoms with van der Waals surface area (Å²) in [7, 11) is 3.29. The van der Waals surface area contributed by atoms with Crippen molar-refractivity contribution in [3.8, 4) is 22.1 Å². The minimum atomic E-state index is 0.717. The summed E-state index contributed by atoms with van der Waals surface area (Å²) in [6.07, 6.45) is 0. The van der Waals surface area contributed by atoms with Crippen LogP contribution in [-0.2, 0) is 5.75 Å². The molecule has 0 bridgehead atoms. The highest BCUT2D eigenvalue weighted by Crippen LogP contribution is 2.39. The average Bonchev–Trinajstić information content (AvgIpc) is 3.09. The van der Waals surface area contributed by atoms with Crippen LogP contribution in [0.4, 0.5) is 0 Å². The smallest absolute Gasteiger partial charge is 0.170 e. The average molecular weight is 422 g/mol. The molecule has 0 spiro atoms. The molecule has 1 aromatic heterocycles. The number of ether oxygens (including phenoxy) is 2. The minimum absolute atomic E-state index is 0.717. The van der Waals surface area contributed by atoms with E-state index in [4.69, 9.17) is 14.5 Å². The zero-order valence-corrected chi connectivity index (χ0v) is 16.5. The topological polar surface area (TPSA) is 31.4 Å². The van der Waals surface area contributed by atoms with E-state index in [2.05, 4.69) is 33.4 Å². The number of thioether (sulfide) groups is 1. The number of methoxy groups -OCH3 is 2. The predicted molar refractivity (Wildman–Crippen MR) is 104 cm³/mol. The van der Waals surface area contributed by atoms with Crippen LogP contribution in [0.25, 0.3) is 10.6 Å². The summed E-state index contributed by atoms with van der Waals surface area (Å²) in [5.41, 5.74) is 2.01. The molecule has 0 aliphatic carbocycles. The van der Waals surface area contributed by atoms with Gasteiger partial charge in [-0.2, -0.15) is 0 Å². The van der Waals surface area contributed by atoms with Gasteiger partial charge in [0.15, 0.2) is 11.5 Å². The summed E-state index contributed by atoms with van der Waals surface area (Å²) in [5, 5.41) is 3.03. The van der Waals surface area contributed by atoms with Gasteiger partial charge in [-0.1, -0.05) is 18.2 Å². The molecule has 2 aromatic carbocycles. The lowest BCUT2D eigenvalue weighted by atomic mass is 10.2. The van der Waals surface area contributed by atoms with E-state index < -0.39 is 0 Å². The molecule has 0 unspecified atom stereocenters. The van der Waals surface area contributed by atoms with E-state index in [1.54, 1.807) is 37.3 Å². The SMILES string of the molecule is COc1cccc(-c2nc(CSc3ccccc3Br)cs2)c1OC. The lowest BCUT2D eigenvalue weighted by Crippen LogP contribution is -1.93. The number of rotatable bonds is 6. The Kier molecular flexibility index (Phi) is 5.81. The van der Waals surface area contributed by atoms with E-state index in [0.717, 1.165) is 32.2 Å². The highest BCUT2D eigenvalue weighted by atomic mass is 79.9. The highest BCUT2D eigenvalue weighted by molar-refractivity contribution is 9.10. The number of para-hydroxylation sites is 1. The number of benzene rings is 2. The van der Waals surface area contributed by atoms with Crippen LogP contribution in [0.5, 0.6) is 11.5 Å². The molecule has 24 heavy (non-hydrogen) atoms. The molecule has 124 valence electrons. The molecule has 3 rings (SSSR count). The van der Waals surface area contributed by atoms with Crippen molar-refractivity contribution in [1.29, 1.82) is 0 Å². The first-order valence-corrected chi connectivity index (χ1v) is 9.92. The van der Waals surface area contributed by atoms with Crippen molar-refractivity contribution in [3.05, 3.63) is 58.0 Å². The molecule has 0 atom stereocenters. The first-order valence-electron chi connectivity index (χ1n) is 7.26. The number of thiazole rings is 1. The Morgan fingerprint density at radius 2 is 1.92 bits per heavy atom. The van der Waals surface area contributed by atoms with Crippen molar-refractivity contribution in [1.82, 2.24) is 4.98 Å². The quantitative estimate of drug-likeness (QED) is 0.464. The van der Waals surface area contributed by atoms with E-state index in [9.17, 15) is 0 Å². The van der Waals surface area contributed by atoms with Gasteiger partial charge >= 0.3 is 0 Å². The summed E-state index contributed by atoms with van der Waals surface area (Å²) in [4.78, 5) is 5.97. The Balaban J connectivity index is 1.80. The van der Waals surface area contributed by atoms with Gasteiger partial charge in [0, 0.05) is 20.5 Å². The Bertz CT molecular complexity index is 835. The third kappa shape index (κ3) is 3.77. The second kappa shape index (κ2) is 8.05. The summed E-state index contributed by atoms with van der Waals surface area (Å²) in [6.45, 7) is 0. The van der Waals surface area contributed by atoms with Gasteiger partial charge in [-0.3, -0.25) is 0 Å². The normalized spacial score (nSPS) is 10.6. The third-order valence-electron chi connectivity index (χ3n) is 3.40. The summed E-state index contributed by atoms with van der Waals surface area (Å²) >= 11 is 6.96. The number of hydrogen-bond acceptors (Lipinski definition) is 5. The zero-order chi connectivity index (χ0) is 16.9. The number of hydrogen-bond donors (Lipinski definition) is 0. The van der Waals surface area contributed by atoms with Crippen LogP contribution < -0.4 is 9.47 Å². The number of nitrogens with zero attached hydrogens (tertiary/aromatic N) is 1. The number of aromatic nitrogens is 1. The van der Waals surface area contributed by atoms with Crippen LogP contribution in [0.1, 0.15) is 5.69 Å². The van der Waals surface area contributed by atoms with Crippen LogP contribution in [0.3, 0.4) is 0 Å². The van der Waals surface area contributed by atoms with E-state index in [0.29, 0.717) is 5.75 Å². The molecule has 0 amide bonds. The van der Waals surface area contributed by atoms with Crippen molar-refractivity contribution >= 4 is 39.0 Å². The van der Waals surface area contributed by atoms with Gasteiger partial charge in [0.25, 0.3) is 0 Å². The van der Waals surface area contributed by atoms with E-state index in [1.807, 2.05) is 30.3 Å². The summed E-state index contributed by atoms with van der Waals surface area (Å²) in [6, 6.07) is 14.1. The van der Waals surface area contributed by atoms with E-state index >= 15 is 0 Å². The van der Waals surface area contributed by atoms with Crippen molar-refractivity contribution < 1.29 is 9.47 Å². The van der Waals surface area contributed by atoms with Crippen molar-refractivity contribution in [2.45, 2.75) is 10.6 Å². The fraction of sp³-hybridized carbons (Fsp3) is 0.167. The second-order valence-electron chi connectivity index (χ2n) is 4.90. The van der Waals surface area contributed by atoms with Gasteiger partial charge in [0.2, 0.25) is 0 Å². The maximum Gasteiger partial charge on any atom is 0.170 e. The van der Waals surface area contributed by atoms with Gasteiger partial charge < -0.3 is 9.47 Å². The third-order valence-corrected chi connectivity index (χ3v) is 6.38. The van der Waals surface area contributed by atoms with Crippen LogP contribution >= 0.6 is 39.0 Å². The highest BCUT2D eigenvalue weighted by Gasteiger charge is 2.14. The molecule has 0 radical (unpaired) electrons. The van der Waals surface area contributed by atoms with Crippen molar-refractivity contribution in [3.63, 3.8) is 0 Å². The van der Waals surface area contributed by atoms with Gasteiger partial charge in [-0.05, 0) is 40.2 Å². The molecular weight excluding hydrogens is 406 g/mol. The first kappa shape index (κ1) is 17.3. The van der Waals surface area contributed by atoms with Crippen LogP contribution in [0.15, 0.2) is 57.2 Å². The molecule has 0 aliphatic rings. The van der Waals surface area contributed by atoms with Crippen LogP contribution in [-0.4, -0.2) is 19.2 Å². The fourth-order valence-corrected chi connectivity index (χ4v) is 4.67. The van der Waals surface area contributed by atoms with Gasteiger partial charge in [-0.15, -0.1) is 23.1 Å². The Morgan fingerprint density at radius 3 is 2.67 bits per heavy atom. The first-order chi connectivity index (χ1) is 11.7. The summed E-state index contributed by atoms with van der Waals surface area (Å²) < 4.78 is 12.0. The molecule has 6 heteroatoms. The largest absolute Gasteiger partial charge is 0.493 e. The molecule has 1 heterocycles. The fourth-order valence-electron chi connectivity index (χ4n) is 2.27. The van der Waals surface area contributed by atoms with E-state index in [-0.39, 0.29) is 0 Å². The van der Waals surface area contributed by atoms with Gasteiger partial charge in [0.05, 0.1) is 25.5 Å². The Hall–Kier alpha value is -1.50. The Labute approximate surface area is 158 Å². The molecule has 0 N–H and O–H groups in total. The monoisotopic (exact) mass is 421 g/mol. The van der Waals surface area contributed by atoms with Gasteiger partial charge in [0.1, 0.15) is 5.01 Å². The molecule has 0 saturated carbocycles. The predicted octanol–water partition coefficient (Wildman–Crippen LogP) is 5.88. The lowest BCUT2D eigenvalue weighted by Gasteiger charge is -2.10. The standard InChI is InChI=1S/C18H16BrNO2S2/c1-21-15-8-5-6-13(17(15)22-2)18-20-12(11-24-18)10-23-16-9-4-3-7-14(16)19/h3-9,11H,10H2,1-2H3. The summed E-state index contributed by atoms with van der Waals surface area (Å²) in [5.74, 6) is 2.26. The van der Waals surface area contributed by atoms with E-state index in [1.165, 1.54) is 4.90 Å². The molecular formula is C18H16BrNO2S2. The van der Waals surface area contributed by atoms with Crippen LogP contribution in [0.2, 0.25) is 0 Å². The molecule has 0 saturated heterocycles. The van der Waals surface area contributed by atoms with Crippen LogP contribution in [0, 0.1) is 0 Å². The maximum absolute atomic E-state index is 5.51. The zero-order valence-electron chi connectivity index (χ0n) is 13.3. The Morgan fingerprint density at radius 1 is 1.08 bits per heavy atom. The van der Waals surface area contributed by atoms with Crippen molar-refractivity contribution in [2.24, 2.45) is 0 Å². The molecule has 0 fully saturated rings. The number of halogens is 1.